The summed E-state index contributed by atoms with van der Waals surface area (Å²) in [4.78, 5) is 14.0. The molecule has 1 aliphatic heterocycles. The summed E-state index contributed by atoms with van der Waals surface area (Å²) in [6.07, 6.45) is 1.31. The lowest BCUT2D eigenvalue weighted by Gasteiger charge is -2.18. The van der Waals surface area contributed by atoms with Gasteiger partial charge in [-0.2, -0.15) is 0 Å². The molecule has 1 aliphatic rings. The van der Waals surface area contributed by atoms with Gasteiger partial charge in [-0.25, -0.2) is 0 Å². The van der Waals surface area contributed by atoms with Crippen molar-refractivity contribution in [3.8, 4) is 11.5 Å². The van der Waals surface area contributed by atoms with Gasteiger partial charge in [0.2, 0.25) is 5.91 Å². The Balaban J connectivity index is 1.48. The third kappa shape index (κ3) is 4.20. The number of carbonyl (C=O) groups excluding carboxylic acids is 1. The zero-order valence-electron chi connectivity index (χ0n) is 13.6. The quantitative estimate of drug-likeness (QED) is 0.806. The van der Waals surface area contributed by atoms with Gasteiger partial charge in [0.05, 0.1) is 19.6 Å². The maximum absolute atomic E-state index is 12.3. The molecule has 0 fully saturated rings. The monoisotopic (exact) mass is 345 g/mol. The first-order chi connectivity index (χ1) is 11.6. The molecule has 1 amide bonds. The van der Waals surface area contributed by atoms with Gasteiger partial charge in [0, 0.05) is 18.5 Å². The summed E-state index contributed by atoms with van der Waals surface area (Å²) >= 11 is 5.91. The Morgan fingerprint density at radius 2 is 2.17 bits per heavy atom. The van der Waals surface area contributed by atoms with Crippen molar-refractivity contribution in [2.75, 3.05) is 26.8 Å². The van der Waals surface area contributed by atoms with Crippen molar-refractivity contribution in [2.45, 2.75) is 12.8 Å². The summed E-state index contributed by atoms with van der Waals surface area (Å²) in [7, 11) is 1.79. The highest BCUT2D eigenvalue weighted by Gasteiger charge is 2.15. The topological polar surface area (TPSA) is 38.8 Å². The first-order valence-electron chi connectivity index (χ1n) is 7.99. The number of hydrogen-bond donors (Lipinski definition) is 0. The number of carbonyl (C=O) groups is 1. The van der Waals surface area contributed by atoms with Crippen LogP contribution in [0.1, 0.15) is 11.1 Å². The van der Waals surface area contributed by atoms with Gasteiger partial charge in [-0.3, -0.25) is 4.79 Å². The largest absolute Gasteiger partial charge is 0.493 e. The molecule has 5 heteroatoms. The molecule has 2 aromatic carbocycles. The van der Waals surface area contributed by atoms with Crippen molar-refractivity contribution in [3.05, 3.63) is 58.6 Å². The van der Waals surface area contributed by atoms with Crippen LogP contribution in [0.15, 0.2) is 42.5 Å². The van der Waals surface area contributed by atoms with E-state index < -0.39 is 0 Å². The summed E-state index contributed by atoms with van der Waals surface area (Å²) in [5.74, 6) is 1.72. The van der Waals surface area contributed by atoms with Crippen molar-refractivity contribution in [3.63, 3.8) is 0 Å². The molecule has 0 bridgehead atoms. The van der Waals surface area contributed by atoms with Crippen LogP contribution in [-0.4, -0.2) is 37.6 Å². The Morgan fingerprint density at radius 1 is 1.29 bits per heavy atom. The SMILES string of the molecule is CN(CCOc1cccc(Cl)c1)C(=O)Cc1ccc2c(c1)CCO2. The van der Waals surface area contributed by atoms with E-state index in [4.69, 9.17) is 21.1 Å². The number of amides is 1. The normalized spacial score (nSPS) is 12.4. The van der Waals surface area contributed by atoms with Crippen molar-refractivity contribution in [1.82, 2.24) is 4.90 Å². The number of likely N-dealkylation sites (N-methyl/N-ethyl adjacent to an activating group) is 1. The Kier molecular flexibility index (Phi) is 5.26. The lowest BCUT2D eigenvalue weighted by atomic mass is 10.1. The summed E-state index contributed by atoms with van der Waals surface area (Å²) in [6.45, 7) is 1.69. The van der Waals surface area contributed by atoms with E-state index in [0.29, 0.717) is 30.3 Å². The second-order valence-electron chi connectivity index (χ2n) is 5.84. The molecule has 0 N–H and O–H groups in total. The van der Waals surface area contributed by atoms with Crippen LogP contribution in [0.2, 0.25) is 5.02 Å². The van der Waals surface area contributed by atoms with Gasteiger partial charge in [-0.1, -0.05) is 29.8 Å². The van der Waals surface area contributed by atoms with E-state index in [1.165, 1.54) is 5.56 Å². The van der Waals surface area contributed by atoms with Crippen LogP contribution >= 0.6 is 11.6 Å². The molecule has 0 aromatic heterocycles. The molecule has 126 valence electrons. The molecular formula is C19H20ClNO3. The Hall–Kier alpha value is -2.20. The average molecular weight is 346 g/mol. The summed E-state index contributed by atoms with van der Waals surface area (Å²) < 4.78 is 11.1. The van der Waals surface area contributed by atoms with Crippen molar-refractivity contribution in [1.29, 1.82) is 0 Å². The highest BCUT2D eigenvalue weighted by molar-refractivity contribution is 6.30. The summed E-state index contributed by atoms with van der Waals surface area (Å²) in [5.41, 5.74) is 2.21. The highest BCUT2D eigenvalue weighted by atomic mass is 35.5. The zero-order chi connectivity index (χ0) is 16.9. The third-order valence-corrected chi connectivity index (χ3v) is 4.26. The lowest BCUT2D eigenvalue weighted by molar-refractivity contribution is -0.129. The molecule has 0 saturated carbocycles. The summed E-state index contributed by atoms with van der Waals surface area (Å²) in [5, 5.41) is 0.637. The van der Waals surface area contributed by atoms with E-state index in [-0.39, 0.29) is 5.91 Å². The molecule has 0 radical (unpaired) electrons. The predicted molar refractivity (Wildman–Crippen MR) is 93.9 cm³/mol. The Labute approximate surface area is 146 Å². The van der Waals surface area contributed by atoms with Gasteiger partial charge in [-0.05, 0) is 35.4 Å². The van der Waals surface area contributed by atoms with E-state index >= 15 is 0 Å². The standard InChI is InChI=1S/C19H20ClNO3/c1-21(8-10-23-17-4-2-3-16(20)13-17)19(22)12-14-5-6-18-15(11-14)7-9-24-18/h2-6,11,13H,7-10,12H2,1H3. The molecule has 3 rings (SSSR count). The lowest BCUT2D eigenvalue weighted by Crippen LogP contribution is -2.32. The van der Waals surface area contributed by atoms with Crippen molar-refractivity contribution < 1.29 is 14.3 Å². The number of rotatable bonds is 6. The minimum Gasteiger partial charge on any atom is -0.493 e. The molecule has 0 saturated heterocycles. The van der Waals surface area contributed by atoms with Gasteiger partial charge < -0.3 is 14.4 Å². The van der Waals surface area contributed by atoms with Gasteiger partial charge >= 0.3 is 0 Å². The number of hydrogen-bond acceptors (Lipinski definition) is 3. The second-order valence-corrected chi connectivity index (χ2v) is 6.27. The molecule has 0 aliphatic carbocycles. The minimum atomic E-state index is 0.0727. The molecule has 24 heavy (non-hydrogen) atoms. The van der Waals surface area contributed by atoms with Crippen LogP contribution < -0.4 is 9.47 Å². The van der Waals surface area contributed by atoms with Crippen LogP contribution in [0.4, 0.5) is 0 Å². The van der Waals surface area contributed by atoms with E-state index in [1.807, 2.05) is 24.3 Å². The van der Waals surface area contributed by atoms with Crippen LogP contribution in [0.5, 0.6) is 11.5 Å². The van der Waals surface area contributed by atoms with Gasteiger partial charge in [-0.15, -0.1) is 0 Å². The van der Waals surface area contributed by atoms with E-state index in [1.54, 1.807) is 24.1 Å². The highest BCUT2D eigenvalue weighted by Crippen LogP contribution is 2.26. The van der Waals surface area contributed by atoms with Crippen LogP contribution in [0, 0.1) is 0 Å². The number of ether oxygens (including phenoxy) is 2. The van der Waals surface area contributed by atoms with E-state index in [9.17, 15) is 4.79 Å². The summed E-state index contributed by atoms with van der Waals surface area (Å²) in [6, 6.07) is 13.2. The number of benzene rings is 2. The molecule has 4 nitrogen and oxygen atoms in total. The fraction of sp³-hybridized carbons (Fsp3) is 0.316. The minimum absolute atomic E-state index is 0.0727. The van der Waals surface area contributed by atoms with Gasteiger partial charge in [0.25, 0.3) is 0 Å². The van der Waals surface area contributed by atoms with Gasteiger partial charge in [0.15, 0.2) is 0 Å². The maximum atomic E-state index is 12.3. The zero-order valence-corrected chi connectivity index (χ0v) is 14.4. The fourth-order valence-corrected chi connectivity index (χ4v) is 2.82. The first-order valence-corrected chi connectivity index (χ1v) is 8.36. The molecule has 0 spiro atoms. The molecule has 2 aromatic rings. The van der Waals surface area contributed by atoms with Gasteiger partial charge in [0.1, 0.15) is 18.1 Å². The smallest absolute Gasteiger partial charge is 0.226 e. The third-order valence-electron chi connectivity index (χ3n) is 4.03. The molecular weight excluding hydrogens is 326 g/mol. The number of nitrogens with zero attached hydrogens (tertiary/aromatic N) is 1. The number of fused-ring (bicyclic) bond motifs is 1. The van der Waals surface area contributed by atoms with Crippen LogP contribution in [0.25, 0.3) is 0 Å². The first kappa shape index (κ1) is 16.7. The Bertz CT molecular complexity index is 732. The van der Waals surface area contributed by atoms with Crippen LogP contribution in [0.3, 0.4) is 0 Å². The van der Waals surface area contributed by atoms with Crippen molar-refractivity contribution in [2.24, 2.45) is 0 Å². The molecule has 0 atom stereocenters. The maximum Gasteiger partial charge on any atom is 0.226 e. The van der Waals surface area contributed by atoms with E-state index in [0.717, 1.165) is 24.3 Å². The van der Waals surface area contributed by atoms with Crippen molar-refractivity contribution >= 4 is 17.5 Å². The molecule has 1 heterocycles. The fourth-order valence-electron chi connectivity index (χ4n) is 2.64. The molecule has 0 unspecified atom stereocenters. The predicted octanol–water partition coefficient (Wildman–Crippen LogP) is 3.35. The van der Waals surface area contributed by atoms with E-state index in [2.05, 4.69) is 6.07 Å². The van der Waals surface area contributed by atoms with Crippen LogP contribution in [-0.2, 0) is 17.6 Å². The average Bonchev–Trinajstić information content (AvgIpc) is 3.02. The Morgan fingerprint density at radius 3 is 3.00 bits per heavy atom. The second kappa shape index (κ2) is 7.58. The number of halogens is 1.